The number of thioether (sulfide) groups is 1. The zero-order valence-electron chi connectivity index (χ0n) is 48.6. The lowest BCUT2D eigenvalue weighted by Crippen LogP contribution is -2.44. The molecule has 3 amide bonds. The largest absolute Gasteiger partial charge is 0.460 e. The molecular formula is C61H107N3O10S. The van der Waals surface area contributed by atoms with Gasteiger partial charge in [0.15, 0.2) is 0 Å². The number of carbonyl (C=O) groups is 6. The van der Waals surface area contributed by atoms with E-state index in [9.17, 15) is 28.8 Å². The molecular weight excluding hydrogens is 967 g/mol. The summed E-state index contributed by atoms with van der Waals surface area (Å²) in [7, 11) is 0. The number of ether oxygens (including phenoxy) is 4. The summed E-state index contributed by atoms with van der Waals surface area (Å²) in [5.41, 5.74) is -0.765. The lowest BCUT2D eigenvalue weighted by Gasteiger charge is -2.25. The second kappa shape index (κ2) is 44.2. The van der Waals surface area contributed by atoms with Crippen LogP contribution in [0.4, 0.5) is 10.5 Å². The lowest BCUT2D eigenvalue weighted by molar-refractivity contribution is -0.158. The van der Waals surface area contributed by atoms with Crippen molar-refractivity contribution in [2.24, 2.45) is 0 Å². The van der Waals surface area contributed by atoms with Crippen LogP contribution in [0.2, 0.25) is 0 Å². The summed E-state index contributed by atoms with van der Waals surface area (Å²) in [6.45, 7) is 15.4. The minimum absolute atomic E-state index is 0.00755. The molecule has 1 unspecified atom stereocenters. The van der Waals surface area contributed by atoms with Gasteiger partial charge in [-0.1, -0.05) is 187 Å². The van der Waals surface area contributed by atoms with Crippen molar-refractivity contribution in [1.82, 2.24) is 10.6 Å². The summed E-state index contributed by atoms with van der Waals surface area (Å²) in [4.78, 5) is 77.3. The van der Waals surface area contributed by atoms with E-state index >= 15 is 0 Å². The molecule has 0 saturated carbocycles. The van der Waals surface area contributed by atoms with Crippen molar-refractivity contribution in [3.05, 3.63) is 29.8 Å². The Bertz CT molecular complexity index is 1660. The van der Waals surface area contributed by atoms with Crippen LogP contribution < -0.4 is 16.0 Å². The lowest BCUT2D eigenvalue weighted by atomic mass is 10.0. The number of rotatable bonds is 46. The maximum absolute atomic E-state index is 13.2. The van der Waals surface area contributed by atoms with Gasteiger partial charge in [0.25, 0.3) is 5.91 Å². The van der Waals surface area contributed by atoms with E-state index in [1.165, 1.54) is 172 Å². The molecule has 0 aliphatic carbocycles. The zero-order valence-corrected chi connectivity index (χ0v) is 49.4. The number of anilines is 1. The predicted molar refractivity (Wildman–Crippen MR) is 308 cm³/mol. The van der Waals surface area contributed by atoms with Crippen molar-refractivity contribution in [2.75, 3.05) is 30.0 Å². The second-order valence-corrected chi connectivity index (χ2v) is 23.7. The highest BCUT2D eigenvalue weighted by atomic mass is 32.2. The summed E-state index contributed by atoms with van der Waals surface area (Å²) < 4.78 is 22.3. The summed E-state index contributed by atoms with van der Waals surface area (Å²) >= 11 is 1.44. The average molecular weight is 1070 g/mol. The van der Waals surface area contributed by atoms with Crippen LogP contribution in [0.25, 0.3) is 0 Å². The maximum Gasteiger partial charge on any atom is 0.407 e. The first kappa shape index (κ1) is 69.2. The van der Waals surface area contributed by atoms with Crippen LogP contribution in [0.5, 0.6) is 0 Å². The van der Waals surface area contributed by atoms with Gasteiger partial charge in [-0.3, -0.25) is 19.2 Å². The van der Waals surface area contributed by atoms with Crippen molar-refractivity contribution in [1.29, 1.82) is 0 Å². The highest BCUT2D eigenvalue weighted by Crippen LogP contribution is 2.19. The van der Waals surface area contributed by atoms with Gasteiger partial charge in [-0.15, -0.1) is 0 Å². The first-order chi connectivity index (χ1) is 35.9. The van der Waals surface area contributed by atoms with Crippen LogP contribution in [0.15, 0.2) is 24.3 Å². The van der Waals surface area contributed by atoms with Crippen LogP contribution in [0, 0.1) is 0 Å². The summed E-state index contributed by atoms with van der Waals surface area (Å²) in [5, 5.41) is 8.39. The molecule has 75 heavy (non-hydrogen) atoms. The second-order valence-electron chi connectivity index (χ2n) is 22.6. The van der Waals surface area contributed by atoms with Crippen LogP contribution >= 0.6 is 11.8 Å². The smallest absolute Gasteiger partial charge is 0.407 e. The van der Waals surface area contributed by atoms with E-state index in [-0.39, 0.29) is 43.3 Å². The maximum atomic E-state index is 13.2. The summed E-state index contributed by atoms with van der Waals surface area (Å²) in [5.74, 6) is -1.46. The number of alkyl carbamates (subject to hydrolysis) is 1. The van der Waals surface area contributed by atoms with Crippen molar-refractivity contribution >= 4 is 53.3 Å². The molecule has 0 spiro atoms. The monoisotopic (exact) mass is 1070 g/mol. The molecule has 0 aromatic heterocycles. The van der Waals surface area contributed by atoms with Gasteiger partial charge in [0, 0.05) is 48.6 Å². The third kappa shape index (κ3) is 42.9. The molecule has 0 saturated heterocycles. The molecule has 0 bridgehead atoms. The van der Waals surface area contributed by atoms with Gasteiger partial charge in [-0.25, -0.2) is 9.59 Å². The third-order valence-electron chi connectivity index (χ3n) is 12.7. The van der Waals surface area contributed by atoms with E-state index in [1.807, 2.05) is 0 Å². The average Bonchev–Trinajstić information content (AvgIpc) is 3.34. The fourth-order valence-corrected chi connectivity index (χ4v) is 9.48. The van der Waals surface area contributed by atoms with Crippen LogP contribution in [-0.2, 0) is 38.1 Å². The number of carbonyl (C=O) groups excluding carboxylic acids is 6. The highest BCUT2D eigenvalue weighted by Gasteiger charge is 2.29. The van der Waals surface area contributed by atoms with Gasteiger partial charge >= 0.3 is 24.0 Å². The van der Waals surface area contributed by atoms with Crippen molar-refractivity contribution in [2.45, 2.75) is 291 Å². The molecule has 1 rings (SSSR count). The van der Waals surface area contributed by atoms with Crippen LogP contribution in [0.1, 0.15) is 278 Å². The minimum Gasteiger partial charge on any atom is -0.460 e. The first-order valence-corrected chi connectivity index (χ1v) is 30.9. The van der Waals surface area contributed by atoms with E-state index in [0.29, 0.717) is 30.2 Å². The van der Waals surface area contributed by atoms with E-state index in [0.717, 1.165) is 38.5 Å². The van der Waals surface area contributed by atoms with E-state index in [1.54, 1.807) is 53.7 Å². The SMILES string of the molecule is CCCCCCCCCCCCCCCCCCNC(=O)OCC(CSCCC(=O)Nc1ccc(C(=O)N[C@@H](CCC(=O)OC(C)(C)C)C(=O)OC(C)(C)C)cc1)OC(=O)CCCCCCCCCCCCCCC. The van der Waals surface area contributed by atoms with Crippen LogP contribution in [0.3, 0.4) is 0 Å². The Morgan fingerprint density at radius 2 is 0.987 bits per heavy atom. The molecule has 0 fully saturated rings. The van der Waals surface area contributed by atoms with Gasteiger partial charge in [-0.2, -0.15) is 11.8 Å². The normalized spacial score (nSPS) is 12.4. The van der Waals surface area contributed by atoms with Crippen molar-refractivity contribution < 1.29 is 47.7 Å². The summed E-state index contributed by atoms with van der Waals surface area (Å²) in [6, 6.07) is 5.18. The fourth-order valence-electron chi connectivity index (χ4n) is 8.56. The van der Waals surface area contributed by atoms with Crippen LogP contribution in [-0.4, -0.2) is 83.8 Å². The molecule has 14 heteroatoms. The Labute approximate surface area is 460 Å². The third-order valence-corrected chi connectivity index (χ3v) is 13.8. The molecule has 1 aromatic carbocycles. The van der Waals surface area contributed by atoms with Gasteiger partial charge in [0.05, 0.1) is 0 Å². The number of benzene rings is 1. The Hall–Kier alpha value is -3.81. The van der Waals surface area contributed by atoms with E-state index in [2.05, 4.69) is 29.8 Å². The highest BCUT2D eigenvalue weighted by molar-refractivity contribution is 7.99. The Kier molecular flexibility index (Phi) is 40.8. The minimum atomic E-state index is -1.09. The molecule has 0 aliphatic heterocycles. The fraction of sp³-hybridized carbons (Fsp3) is 0.803. The Morgan fingerprint density at radius 3 is 1.45 bits per heavy atom. The van der Waals surface area contributed by atoms with E-state index in [4.69, 9.17) is 18.9 Å². The molecule has 1 aromatic rings. The summed E-state index contributed by atoms with van der Waals surface area (Å²) in [6.07, 6.45) is 35.6. The molecule has 432 valence electrons. The van der Waals surface area contributed by atoms with Gasteiger partial charge in [0.1, 0.15) is 30.0 Å². The van der Waals surface area contributed by atoms with Crippen molar-refractivity contribution in [3.63, 3.8) is 0 Å². The number of nitrogens with one attached hydrogen (secondary N) is 3. The molecule has 3 N–H and O–H groups in total. The zero-order chi connectivity index (χ0) is 55.4. The Morgan fingerprint density at radius 1 is 0.533 bits per heavy atom. The molecule has 0 heterocycles. The number of unbranched alkanes of at least 4 members (excludes halogenated alkanes) is 27. The Balaban J connectivity index is 2.58. The predicted octanol–water partition coefficient (Wildman–Crippen LogP) is 15.7. The molecule has 2 atom stereocenters. The van der Waals surface area contributed by atoms with Gasteiger partial charge in [0.2, 0.25) is 5.91 Å². The number of hydrogen-bond acceptors (Lipinski definition) is 11. The van der Waals surface area contributed by atoms with E-state index < -0.39 is 47.3 Å². The van der Waals surface area contributed by atoms with Gasteiger partial charge < -0.3 is 34.9 Å². The number of amides is 3. The number of hydrogen-bond donors (Lipinski definition) is 3. The quantitative estimate of drug-likeness (QED) is 0.0322. The molecule has 13 nitrogen and oxygen atoms in total. The molecule has 0 aliphatic rings. The number of esters is 3. The topological polar surface area (TPSA) is 175 Å². The van der Waals surface area contributed by atoms with Gasteiger partial charge in [-0.05, 0) is 85.1 Å². The van der Waals surface area contributed by atoms with Crippen molar-refractivity contribution in [3.8, 4) is 0 Å². The first-order valence-electron chi connectivity index (χ1n) is 29.8. The standard InChI is InChI=1S/C61H107N3O10S/c1-9-11-13-15-17-19-21-23-24-25-27-29-31-33-35-37-46-62-59(70)71-48-52(72-55(66)38-36-34-32-30-28-26-22-20-18-16-14-12-10-2)49-75-47-45-54(65)63-51-41-39-50(40-42-51)57(68)64-53(58(69)74-61(6,7)8)43-44-56(67)73-60(3,4)5/h39-42,52-53H,9-38,43-49H2,1-8H3,(H,62,70)(H,63,65)(H,64,68)/t52?,53-/m0/s1. The molecule has 0 radical (unpaired) electrons.